The van der Waals surface area contributed by atoms with E-state index in [1.54, 1.807) is 0 Å². The summed E-state index contributed by atoms with van der Waals surface area (Å²) in [5, 5.41) is 4.04. The van der Waals surface area contributed by atoms with Crippen LogP contribution in [0.15, 0.2) is 4.52 Å². The lowest BCUT2D eigenvalue weighted by molar-refractivity contribution is 0.141. The van der Waals surface area contributed by atoms with Gasteiger partial charge in [-0.2, -0.15) is 4.98 Å². The van der Waals surface area contributed by atoms with Gasteiger partial charge in [0.2, 0.25) is 5.89 Å². The highest BCUT2D eigenvalue weighted by atomic mass is 16.5. The molecule has 1 fully saturated rings. The number of nitrogens with zero attached hydrogens (tertiary/aromatic N) is 3. The third kappa shape index (κ3) is 3.09. The molecule has 0 amide bonds. The first kappa shape index (κ1) is 13.5. The number of nitrogens with two attached hydrogens (primary N) is 1. The second-order valence-corrected chi connectivity index (χ2v) is 5.56. The number of hydrogen-bond acceptors (Lipinski definition) is 5. The van der Waals surface area contributed by atoms with Crippen molar-refractivity contribution in [1.82, 2.24) is 15.0 Å². The molecule has 1 saturated heterocycles. The number of piperidine rings is 1. The molecule has 0 aromatic carbocycles. The lowest BCUT2D eigenvalue weighted by Gasteiger charge is -2.35. The molecule has 18 heavy (non-hydrogen) atoms. The Kier molecular flexibility index (Phi) is 4.35. The van der Waals surface area contributed by atoms with Crippen molar-refractivity contribution >= 4 is 0 Å². The summed E-state index contributed by atoms with van der Waals surface area (Å²) in [5.74, 6) is 2.41. The largest absolute Gasteiger partial charge is 0.339 e. The third-order valence-electron chi connectivity index (χ3n) is 3.74. The molecule has 5 nitrogen and oxygen atoms in total. The Balaban J connectivity index is 1.92. The summed E-state index contributed by atoms with van der Waals surface area (Å²) in [6, 6.07) is 0.350. The molecular formula is C13H24N4O. The average molecular weight is 252 g/mol. The number of likely N-dealkylation sites (tertiary alicyclic amines) is 1. The maximum absolute atomic E-state index is 6.11. The molecule has 1 aliphatic rings. The van der Waals surface area contributed by atoms with Gasteiger partial charge in [0.15, 0.2) is 5.82 Å². The summed E-state index contributed by atoms with van der Waals surface area (Å²) in [4.78, 5) is 6.80. The summed E-state index contributed by atoms with van der Waals surface area (Å²) in [6.07, 6.45) is 2.20. The zero-order valence-electron chi connectivity index (χ0n) is 11.6. The zero-order chi connectivity index (χ0) is 13.1. The smallest absolute Gasteiger partial charge is 0.229 e. The molecule has 2 rings (SSSR count). The van der Waals surface area contributed by atoms with Crippen molar-refractivity contribution in [2.75, 3.05) is 13.1 Å². The number of hydrogen-bond donors (Lipinski definition) is 1. The van der Waals surface area contributed by atoms with Crippen LogP contribution in [-0.2, 0) is 6.54 Å². The molecule has 0 bridgehead atoms. The SMILES string of the molecule is CCC1CN(Cc2noc(C(C)C)n2)CCC1N. The molecule has 102 valence electrons. The van der Waals surface area contributed by atoms with Gasteiger partial charge < -0.3 is 10.3 Å². The molecule has 0 spiro atoms. The van der Waals surface area contributed by atoms with Crippen molar-refractivity contribution < 1.29 is 4.52 Å². The molecule has 2 atom stereocenters. The van der Waals surface area contributed by atoms with Gasteiger partial charge in [-0.3, -0.25) is 4.90 Å². The summed E-state index contributed by atoms with van der Waals surface area (Å²) >= 11 is 0. The summed E-state index contributed by atoms with van der Waals surface area (Å²) < 4.78 is 5.23. The van der Waals surface area contributed by atoms with Crippen LogP contribution in [0.2, 0.25) is 0 Å². The number of aromatic nitrogens is 2. The van der Waals surface area contributed by atoms with E-state index in [-0.39, 0.29) is 0 Å². The minimum atomic E-state index is 0.296. The standard InChI is InChI=1S/C13H24N4O/c1-4-10-7-17(6-5-11(10)14)8-12-15-13(9(2)3)18-16-12/h9-11H,4-8,14H2,1-3H3. The summed E-state index contributed by atoms with van der Waals surface area (Å²) in [6.45, 7) is 9.18. The first-order valence-electron chi connectivity index (χ1n) is 6.90. The van der Waals surface area contributed by atoms with Crippen LogP contribution >= 0.6 is 0 Å². The van der Waals surface area contributed by atoms with Gasteiger partial charge in [-0.1, -0.05) is 32.3 Å². The highest BCUT2D eigenvalue weighted by Gasteiger charge is 2.26. The highest BCUT2D eigenvalue weighted by molar-refractivity contribution is 4.92. The second-order valence-electron chi connectivity index (χ2n) is 5.56. The van der Waals surface area contributed by atoms with Crippen LogP contribution in [-0.4, -0.2) is 34.2 Å². The second kappa shape index (κ2) is 5.80. The zero-order valence-corrected chi connectivity index (χ0v) is 11.6. The van der Waals surface area contributed by atoms with Crippen LogP contribution in [0.4, 0.5) is 0 Å². The normalized spacial score (nSPS) is 25.8. The predicted molar refractivity (Wildman–Crippen MR) is 70.0 cm³/mol. The van der Waals surface area contributed by atoms with Gasteiger partial charge in [-0.15, -0.1) is 0 Å². The molecule has 5 heteroatoms. The van der Waals surface area contributed by atoms with E-state index in [1.807, 2.05) is 0 Å². The fraction of sp³-hybridized carbons (Fsp3) is 0.846. The lowest BCUT2D eigenvalue weighted by Crippen LogP contribution is -2.46. The Labute approximate surface area is 109 Å². The van der Waals surface area contributed by atoms with Crippen molar-refractivity contribution in [2.24, 2.45) is 11.7 Å². The number of rotatable bonds is 4. The van der Waals surface area contributed by atoms with Crippen molar-refractivity contribution in [3.8, 4) is 0 Å². The van der Waals surface area contributed by atoms with Gasteiger partial charge in [0.1, 0.15) is 0 Å². The van der Waals surface area contributed by atoms with Crippen LogP contribution in [0.1, 0.15) is 51.2 Å². The molecule has 1 aliphatic heterocycles. The topological polar surface area (TPSA) is 68.2 Å². The third-order valence-corrected chi connectivity index (χ3v) is 3.74. The minimum absolute atomic E-state index is 0.296. The maximum Gasteiger partial charge on any atom is 0.229 e. The Morgan fingerprint density at radius 1 is 1.50 bits per heavy atom. The highest BCUT2D eigenvalue weighted by Crippen LogP contribution is 2.20. The van der Waals surface area contributed by atoms with Crippen molar-refractivity contribution in [3.05, 3.63) is 11.7 Å². The molecule has 2 N–H and O–H groups in total. The molecule has 0 aliphatic carbocycles. The molecule has 2 unspecified atom stereocenters. The van der Waals surface area contributed by atoms with Gasteiger partial charge >= 0.3 is 0 Å². The first-order chi connectivity index (χ1) is 8.60. The van der Waals surface area contributed by atoms with Crippen molar-refractivity contribution in [2.45, 2.75) is 52.1 Å². The first-order valence-corrected chi connectivity index (χ1v) is 6.90. The molecule has 1 aromatic rings. The quantitative estimate of drug-likeness (QED) is 0.884. The van der Waals surface area contributed by atoms with Gasteiger partial charge in [-0.25, -0.2) is 0 Å². The van der Waals surface area contributed by atoms with E-state index < -0.39 is 0 Å². The van der Waals surface area contributed by atoms with E-state index in [0.717, 1.165) is 44.2 Å². The van der Waals surface area contributed by atoms with Crippen LogP contribution in [0.3, 0.4) is 0 Å². The van der Waals surface area contributed by atoms with Gasteiger partial charge in [0, 0.05) is 25.0 Å². The average Bonchev–Trinajstić information content (AvgIpc) is 2.80. The van der Waals surface area contributed by atoms with Crippen molar-refractivity contribution in [1.29, 1.82) is 0 Å². The van der Waals surface area contributed by atoms with Gasteiger partial charge in [-0.05, 0) is 12.3 Å². The molecule has 2 heterocycles. The molecule has 1 aromatic heterocycles. The van der Waals surface area contributed by atoms with E-state index in [9.17, 15) is 0 Å². The van der Waals surface area contributed by atoms with E-state index in [0.29, 0.717) is 17.9 Å². The molecule has 0 radical (unpaired) electrons. The van der Waals surface area contributed by atoms with Crippen LogP contribution in [0.5, 0.6) is 0 Å². The minimum Gasteiger partial charge on any atom is -0.339 e. The van der Waals surface area contributed by atoms with Crippen LogP contribution < -0.4 is 5.73 Å². The molecule has 0 saturated carbocycles. The Morgan fingerprint density at radius 2 is 2.28 bits per heavy atom. The Hall–Kier alpha value is -0.940. The fourth-order valence-electron chi connectivity index (χ4n) is 2.47. The van der Waals surface area contributed by atoms with Gasteiger partial charge in [0.05, 0.1) is 6.54 Å². The van der Waals surface area contributed by atoms with Crippen LogP contribution in [0.25, 0.3) is 0 Å². The Morgan fingerprint density at radius 3 is 2.89 bits per heavy atom. The van der Waals surface area contributed by atoms with E-state index in [2.05, 4.69) is 35.8 Å². The lowest BCUT2D eigenvalue weighted by atomic mass is 9.91. The Bertz CT molecular complexity index is 377. The molecular weight excluding hydrogens is 228 g/mol. The van der Waals surface area contributed by atoms with E-state index in [4.69, 9.17) is 10.3 Å². The predicted octanol–water partition coefficient (Wildman–Crippen LogP) is 1.75. The van der Waals surface area contributed by atoms with E-state index in [1.165, 1.54) is 0 Å². The van der Waals surface area contributed by atoms with Gasteiger partial charge in [0.25, 0.3) is 0 Å². The monoisotopic (exact) mass is 252 g/mol. The summed E-state index contributed by atoms with van der Waals surface area (Å²) in [7, 11) is 0. The maximum atomic E-state index is 6.11. The van der Waals surface area contributed by atoms with Crippen LogP contribution in [0, 0.1) is 5.92 Å². The van der Waals surface area contributed by atoms with E-state index >= 15 is 0 Å². The van der Waals surface area contributed by atoms with Crippen molar-refractivity contribution in [3.63, 3.8) is 0 Å². The summed E-state index contributed by atoms with van der Waals surface area (Å²) in [5.41, 5.74) is 6.11. The fourth-order valence-corrected chi connectivity index (χ4v) is 2.47.